The zero-order valence-corrected chi connectivity index (χ0v) is 15.5. The van der Waals surface area contributed by atoms with Crippen LogP contribution >= 0.6 is 0 Å². The van der Waals surface area contributed by atoms with Crippen LogP contribution in [0.1, 0.15) is 16.7 Å². The molecule has 0 bridgehead atoms. The van der Waals surface area contributed by atoms with Crippen LogP contribution in [0.15, 0.2) is 47.6 Å². The van der Waals surface area contributed by atoms with Gasteiger partial charge in [-0.2, -0.15) is 0 Å². The number of benzene rings is 1. The Hall–Kier alpha value is -2.60. The molecule has 0 amide bonds. The van der Waals surface area contributed by atoms with Gasteiger partial charge in [-0.1, -0.05) is 35.9 Å². The van der Waals surface area contributed by atoms with E-state index in [9.17, 15) is 0 Å². The van der Waals surface area contributed by atoms with Crippen LogP contribution in [0.5, 0.6) is 0 Å². The maximum Gasteiger partial charge on any atom is 0.191 e. The SMILES string of the molecule is CN=C(NCc1cccc(C)c1)NCc1cccnc1N1CCOCC1. The van der Waals surface area contributed by atoms with Gasteiger partial charge in [-0.25, -0.2) is 4.98 Å². The van der Waals surface area contributed by atoms with E-state index in [1.807, 2.05) is 12.3 Å². The smallest absolute Gasteiger partial charge is 0.191 e. The van der Waals surface area contributed by atoms with Gasteiger partial charge in [0.25, 0.3) is 0 Å². The molecule has 2 N–H and O–H groups in total. The van der Waals surface area contributed by atoms with Gasteiger partial charge >= 0.3 is 0 Å². The van der Waals surface area contributed by atoms with Crippen molar-refractivity contribution in [3.05, 3.63) is 59.3 Å². The zero-order valence-electron chi connectivity index (χ0n) is 15.5. The Labute approximate surface area is 155 Å². The highest BCUT2D eigenvalue weighted by Gasteiger charge is 2.15. The first kappa shape index (κ1) is 18.2. The highest BCUT2D eigenvalue weighted by atomic mass is 16.5. The number of aromatic nitrogens is 1. The summed E-state index contributed by atoms with van der Waals surface area (Å²) in [6, 6.07) is 12.6. The van der Waals surface area contributed by atoms with E-state index < -0.39 is 0 Å². The molecule has 1 aromatic heterocycles. The van der Waals surface area contributed by atoms with Crippen molar-refractivity contribution >= 4 is 11.8 Å². The third-order valence-electron chi connectivity index (χ3n) is 4.39. The Morgan fingerprint density at radius 1 is 1.15 bits per heavy atom. The topological polar surface area (TPSA) is 61.8 Å². The fourth-order valence-corrected chi connectivity index (χ4v) is 3.04. The summed E-state index contributed by atoms with van der Waals surface area (Å²) >= 11 is 0. The highest BCUT2D eigenvalue weighted by molar-refractivity contribution is 5.79. The first-order valence-electron chi connectivity index (χ1n) is 9.03. The van der Waals surface area contributed by atoms with Gasteiger partial charge in [-0.05, 0) is 18.6 Å². The first-order valence-corrected chi connectivity index (χ1v) is 9.03. The molecule has 1 aliphatic rings. The van der Waals surface area contributed by atoms with Crippen molar-refractivity contribution in [3.8, 4) is 0 Å². The molecule has 3 rings (SSSR count). The van der Waals surface area contributed by atoms with Crippen LogP contribution in [0.4, 0.5) is 5.82 Å². The molecule has 0 spiro atoms. The van der Waals surface area contributed by atoms with Gasteiger partial charge in [0.05, 0.1) is 13.2 Å². The molecule has 2 heterocycles. The minimum atomic E-state index is 0.675. The van der Waals surface area contributed by atoms with Crippen LogP contribution < -0.4 is 15.5 Å². The number of hydrogen-bond donors (Lipinski definition) is 2. The number of nitrogens with zero attached hydrogens (tertiary/aromatic N) is 3. The summed E-state index contributed by atoms with van der Waals surface area (Å²) in [6.45, 7) is 6.78. The van der Waals surface area contributed by atoms with Crippen LogP contribution in [-0.4, -0.2) is 44.3 Å². The van der Waals surface area contributed by atoms with Crippen LogP contribution in [0.3, 0.4) is 0 Å². The van der Waals surface area contributed by atoms with E-state index in [4.69, 9.17) is 4.74 Å². The fourth-order valence-electron chi connectivity index (χ4n) is 3.04. The molecule has 6 heteroatoms. The number of pyridine rings is 1. The van der Waals surface area contributed by atoms with E-state index in [0.717, 1.165) is 50.2 Å². The molecule has 0 radical (unpaired) electrons. The molecular weight excluding hydrogens is 326 g/mol. The number of nitrogens with one attached hydrogen (secondary N) is 2. The number of anilines is 1. The highest BCUT2D eigenvalue weighted by Crippen LogP contribution is 2.18. The van der Waals surface area contributed by atoms with Crippen LogP contribution in [0.2, 0.25) is 0 Å². The Kier molecular flexibility index (Phi) is 6.44. The second kappa shape index (κ2) is 9.20. The predicted molar refractivity (Wildman–Crippen MR) is 105 cm³/mol. The maximum atomic E-state index is 5.44. The largest absolute Gasteiger partial charge is 0.378 e. The summed E-state index contributed by atoms with van der Waals surface area (Å²) in [4.78, 5) is 11.2. The number of aliphatic imine (C=N–C) groups is 1. The lowest BCUT2D eigenvalue weighted by Gasteiger charge is -2.29. The summed E-state index contributed by atoms with van der Waals surface area (Å²) in [5, 5.41) is 6.76. The second-order valence-corrected chi connectivity index (χ2v) is 6.35. The van der Waals surface area contributed by atoms with Crippen molar-refractivity contribution in [2.24, 2.45) is 4.99 Å². The standard InChI is InChI=1S/C20H27N5O/c1-16-5-3-6-17(13-16)14-23-20(21-2)24-15-18-7-4-8-22-19(18)25-9-11-26-12-10-25/h3-8,13H,9-12,14-15H2,1-2H3,(H2,21,23,24). The van der Waals surface area contributed by atoms with Crippen LogP contribution in [0, 0.1) is 6.92 Å². The number of hydrogen-bond acceptors (Lipinski definition) is 4. The van der Waals surface area contributed by atoms with Crippen molar-refractivity contribution in [3.63, 3.8) is 0 Å². The number of aryl methyl sites for hydroxylation is 1. The zero-order chi connectivity index (χ0) is 18.2. The Morgan fingerprint density at radius 2 is 1.96 bits per heavy atom. The lowest BCUT2D eigenvalue weighted by atomic mass is 10.1. The molecule has 1 aliphatic heterocycles. The van der Waals surface area contributed by atoms with E-state index in [2.05, 4.69) is 62.8 Å². The number of ether oxygens (including phenoxy) is 1. The lowest BCUT2D eigenvalue weighted by Crippen LogP contribution is -2.39. The summed E-state index contributed by atoms with van der Waals surface area (Å²) in [5.74, 6) is 1.81. The van der Waals surface area contributed by atoms with Crippen LogP contribution in [-0.2, 0) is 17.8 Å². The molecule has 0 unspecified atom stereocenters. The molecule has 1 fully saturated rings. The van der Waals surface area contributed by atoms with Crippen molar-refractivity contribution < 1.29 is 4.74 Å². The summed E-state index contributed by atoms with van der Waals surface area (Å²) < 4.78 is 5.44. The number of morpholine rings is 1. The van der Waals surface area contributed by atoms with Gasteiger partial charge < -0.3 is 20.3 Å². The van der Waals surface area contributed by atoms with Crippen LogP contribution in [0.25, 0.3) is 0 Å². The molecule has 1 aromatic carbocycles. The molecule has 0 saturated carbocycles. The average molecular weight is 353 g/mol. The first-order chi connectivity index (χ1) is 12.8. The van der Waals surface area contributed by atoms with Gasteiger partial charge in [-0.15, -0.1) is 0 Å². The van der Waals surface area contributed by atoms with Gasteiger partial charge in [0.1, 0.15) is 5.82 Å². The Morgan fingerprint density at radius 3 is 2.73 bits per heavy atom. The fraction of sp³-hybridized carbons (Fsp3) is 0.400. The van der Waals surface area contributed by atoms with Crippen molar-refractivity contribution in [1.29, 1.82) is 0 Å². The molecule has 6 nitrogen and oxygen atoms in total. The minimum Gasteiger partial charge on any atom is -0.378 e. The monoisotopic (exact) mass is 353 g/mol. The summed E-state index contributed by atoms with van der Waals surface area (Å²) in [7, 11) is 1.79. The minimum absolute atomic E-state index is 0.675. The number of rotatable bonds is 5. The molecule has 0 atom stereocenters. The quantitative estimate of drug-likeness (QED) is 0.637. The van der Waals surface area contributed by atoms with Gasteiger partial charge in [0.2, 0.25) is 0 Å². The van der Waals surface area contributed by atoms with E-state index in [-0.39, 0.29) is 0 Å². The molecule has 0 aliphatic carbocycles. The van der Waals surface area contributed by atoms with E-state index >= 15 is 0 Å². The summed E-state index contributed by atoms with van der Waals surface area (Å²) in [6.07, 6.45) is 1.85. The third-order valence-corrected chi connectivity index (χ3v) is 4.39. The predicted octanol–water partition coefficient (Wildman–Crippen LogP) is 2.09. The molecule has 138 valence electrons. The molecule has 26 heavy (non-hydrogen) atoms. The van der Waals surface area contributed by atoms with Gasteiger partial charge in [0, 0.05) is 45.0 Å². The average Bonchev–Trinajstić information content (AvgIpc) is 2.69. The van der Waals surface area contributed by atoms with E-state index in [1.165, 1.54) is 11.1 Å². The molecule has 1 saturated heterocycles. The number of guanidine groups is 1. The lowest BCUT2D eigenvalue weighted by molar-refractivity contribution is 0.122. The third kappa shape index (κ3) is 4.95. The van der Waals surface area contributed by atoms with Crippen molar-refractivity contribution in [2.75, 3.05) is 38.3 Å². The maximum absolute atomic E-state index is 5.44. The van der Waals surface area contributed by atoms with E-state index in [0.29, 0.717) is 6.54 Å². The molecule has 2 aromatic rings. The van der Waals surface area contributed by atoms with Crippen molar-refractivity contribution in [1.82, 2.24) is 15.6 Å². The molecular formula is C20H27N5O. The van der Waals surface area contributed by atoms with Gasteiger partial charge in [-0.3, -0.25) is 4.99 Å². The summed E-state index contributed by atoms with van der Waals surface area (Å²) in [5.41, 5.74) is 3.66. The van der Waals surface area contributed by atoms with E-state index in [1.54, 1.807) is 7.05 Å². The Balaban J connectivity index is 1.58. The van der Waals surface area contributed by atoms with Crippen molar-refractivity contribution in [2.45, 2.75) is 20.0 Å². The van der Waals surface area contributed by atoms with Gasteiger partial charge in [0.15, 0.2) is 5.96 Å². The Bertz CT molecular complexity index is 740. The normalized spacial score (nSPS) is 15.0. The second-order valence-electron chi connectivity index (χ2n) is 6.35.